The molecule has 2 atom stereocenters. The Balaban J connectivity index is 1.42. The summed E-state index contributed by atoms with van der Waals surface area (Å²) in [6, 6.07) is 18.0. The summed E-state index contributed by atoms with van der Waals surface area (Å²) >= 11 is 0. The van der Waals surface area contributed by atoms with Crippen molar-refractivity contribution in [3.05, 3.63) is 153 Å². The Labute approximate surface area is 287 Å². The van der Waals surface area contributed by atoms with Crippen LogP contribution in [0, 0.1) is 0 Å². The van der Waals surface area contributed by atoms with Gasteiger partial charge in [0.05, 0.1) is 22.3 Å². The molecule has 258 valence electrons. The number of ether oxygens (including phenoxy) is 4. The highest BCUT2D eigenvalue weighted by atomic mass is 19.4. The molecule has 4 aliphatic rings. The van der Waals surface area contributed by atoms with Crippen LogP contribution in [0.4, 0.5) is 26.3 Å². The Bertz CT molecular complexity index is 2300. The van der Waals surface area contributed by atoms with Crippen LogP contribution < -0.4 is 9.47 Å². The lowest BCUT2D eigenvalue weighted by atomic mass is 9.63. The molecule has 0 saturated heterocycles. The van der Waals surface area contributed by atoms with E-state index in [1.54, 1.807) is 0 Å². The maximum Gasteiger partial charge on any atom is 0.406 e. The number of esters is 4. The Morgan fingerprint density at radius 3 is 1.00 bits per heavy atom. The molecule has 0 amide bonds. The molecule has 0 spiro atoms. The predicted molar refractivity (Wildman–Crippen MR) is 164 cm³/mol. The van der Waals surface area contributed by atoms with E-state index in [0.29, 0.717) is 0 Å². The number of halogens is 6. The van der Waals surface area contributed by atoms with Crippen LogP contribution in [-0.2, 0) is 20.3 Å². The Hall–Kier alpha value is -6.44. The smallest absolute Gasteiger partial charge is 0.406 e. The zero-order valence-corrected chi connectivity index (χ0v) is 25.8. The molecule has 14 heteroatoms. The van der Waals surface area contributed by atoms with Crippen molar-refractivity contribution in [2.45, 2.75) is 23.2 Å². The average Bonchev–Trinajstić information content (AvgIpc) is 3.54. The number of hydrogen-bond acceptors (Lipinski definition) is 8. The third-order valence-electron chi connectivity index (χ3n) is 9.89. The molecular formula is C38H16F6O8. The summed E-state index contributed by atoms with van der Waals surface area (Å²) in [5, 5.41) is 0. The highest BCUT2D eigenvalue weighted by Crippen LogP contribution is 2.65. The Morgan fingerprint density at radius 2 is 0.673 bits per heavy atom. The topological polar surface area (TPSA) is 105 Å². The second-order valence-electron chi connectivity index (χ2n) is 12.4. The molecule has 0 N–H and O–H groups in total. The number of carbonyl (C=O) groups is 4. The summed E-state index contributed by atoms with van der Waals surface area (Å²) in [5.74, 6) is -7.13. The molecule has 5 aromatic carbocycles. The first-order valence-electron chi connectivity index (χ1n) is 15.4. The van der Waals surface area contributed by atoms with Crippen LogP contribution >= 0.6 is 0 Å². The number of cyclic esters (lactones) is 4. The molecule has 0 radical (unpaired) electrons. The average molecular weight is 715 g/mol. The largest absolute Gasteiger partial charge is 0.457 e. The van der Waals surface area contributed by atoms with Gasteiger partial charge >= 0.3 is 36.2 Å². The minimum Gasteiger partial charge on any atom is -0.457 e. The van der Waals surface area contributed by atoms with Gasteiger partial charge in [-0.3, -0.25) is 0 Å². The molecule has 0 bridgehead atoms. The van der Waals surface area contributed by atoms with Crippen molar-refractivity contribution < 1.29 is 64.5 Å². The molecule has 0 saturated carbocycles. The van der Waals surface area contributed by atoms with Crippen molar-refractivity contribution in [3.8, 4) is 23.0 Å². The van der Waals surface area contributed by atoms with E-state index < -0.39 is 126 Å². The van der Waals surface area contributed by atoms with E-state index in [1.165, 1.54) is 36.4 Å². The fourth-order valence-electron chi connectivity index (χ4n) is 7.76. The number of carbonyl (C=O) groups excluding carboxylic acids is 4. The summed E-state index contributed by atoms with van der Waals surface area (Å²) in [4.78, 5) is 50.2. The molecular weight excluding hydrogens is 698 g/mol. The van der Waals surface area contributed by atoms with Gasteiger partial charge < -0.3 is 18.9 Å². The number of hydrogen-bond donors (Lipinski definition) is 0. The van der Waals surface area contributed by atoms with Gasteiger partial charge in [-0.2, -0.15) is 26.3 Å². The summed E-state index contributed by atoms with van der Waals surface area (Å²) in [5.41, 5.74) is -11.6. The van der Waals surface area contributed by atoms with E-state index >= 15 is 26.3 Å². The highest BCUT2D eigenvalue weighted by Gasteiger charge is 2.66. The van der Waals surface area contributed by atoms with Crippen LogP contribution in [0.3, 0.4) is 0 Å². The molecule has 0 aliphatic carbocycles. The zero-order valence-electron chi connectivity index (χ0n) is 25.8. The van der Waals surface area contributed by atoms with Crippen molar-refractivity contribution in [2.24, 2.45) is 0 Å². The van der Waals surface area contributed by atoms with Gasteiger partial charge in [0, 0.05) is 22.3 Å². The van der Waals surface area contributed by atoms with Gasteiger partial charge in [-0.05, 0) is 47.5 Å². The second kappa shape index (κ2) is 10.1. The van der Waals surface area contributed by atoms with Crippen LogP contribution in [0.5, 0.6) is 23.0 Å². The van der Waals surface area contributed by atoms with E-state index in [4.69, 9.17) is 9.47 Å². The van der Waals surface area contributed by atoms with Crippen LogP contribution in [0.2, 0.25) is 0 Å². The molecule has 4 aliphatic heterocycles. The van der Waals surface area contributed by atoms with Gasteiger partial charge in [0.25, 0.3) is 0 Å². The molecule has 52 heavy (non-hydrogen) atoms. The first kappa shape index (κ1) is 31.5. The van der Waals surface area contributed by atoms with Crippen molar-refractivity contribution in [2.75, 3.05) is 0 Å². The number of fused-ring (bicyclic) bond motifs is 6. The Morgan fingerprint density at radius 1 is 0.385 bits per heavy atom. The van der Waals surface area contributed by atoms with Crippen molar-refractivity contribution >= 4 is 23.9 Å². The van der Waals surface area contributed by atoms with Crippen molar-refractivity contribution in [1.29, 1.82) is 0 Å². The van der Waals surface area contributed by atoms with E-state index in [0.717, 1.165) is 60.7 Å². The lowest BCUT2D eigenvalue weighted by Gasteiger charge is -2.45. The first-order chi connectivity index (χ1) is 24.7. The molecule has 0 fully saturated rings. The predicted octanol–water partition coefficient (Wildman–Crippen LogP) is 8.31. The van der Waals surface area contributed by atoms with Crippen LogP contribution in [0.1, 0.15) is 74.8 Å². The normalized spacial score (nSPS) is 21.0. The van der Waals surface area contributed by atoms with Crippen LogP contribution in [-0.4, -0.2) is 36.2 Å². The van der Waals surface area contributed by atoms with Gasteiger partial charge in [0.1, 0.15) is 33.8 Å². The fraction of sp³-hybridized carbons (Fsp3) is 0.105. The quantitative estimate of drug-likeness (QED) is 0.102. The van der Waals surface area contributed by atoms with E-state index in [1.807, 2.05) is 0 Å². The first-order valence-corrected chi connectivity index (χ1v) is 15.4. The number of rotatable bonds is 2. The van der Waals surface area contributed by atoms with Gasteiger partial charge in [-0.25, -0.2) is 19.2 Å². The molecule has 9 rings (SSSR count). The maximum atomic E-state index is 16.1. The van der Waals surface area contributed by atoms with Gasteiger partial charge in [0.2, 0.25) is 0 Å². The number of alkyl halides is 6. The standard InChI is InChI=1S/C38H16F6O8/c39-37(40,41)35(17-7-3-1-4-8-17)23-11-19-21(33(47)51-31(19)45)13-27(23)49-29-16-26-30(15-25(29)35)50-28-14-22-20(32(46)52-34(22)48)12-24(28)36(26,38(42,43)44)18-9-5-2-6-10-18/h1-16H. The number of benzene rings is 5. The second-order valence-corrected chi connectivity index (χ2v) is 12.4. The van der Waals surface area contributed by atoms with Crippen molar-refractivity contribution in [1.82, 2.24) is 0 Å². The minimum atomic E-state index is -5.27. The van der Waals surface area contributed by atoms with Gasteiger partial charge in [-0.15, -0.1) is 0 Å². The van der Waals surface area contributed by atoms with Crippen LogP contribution in [0.25, 0.3) is 0 Å². The SMILES string of the molecule is O=C1OC(=O)c2cc3c(cc21)Oc1cc2c(cc1C3(c1ccccc1)C(F)(F)F)Oc1cc3c(cc1C2(c1ccccc1)C(F)(F)F)C(=O)OC3=O. The van der Waals surface area contributed by atoms with Crippen molar-refractivity contribution in [3.63, 3.8) is 0 Å². The van der Waals surface area contributed by atoms with E-state index in [2.05, 4.69) is 9.47 Å². The molecule has 4 heterocycles. The lowest BCUT2D eigenvalue weighted by Crippen LogP contribution is -2.48. The summed E-state index contributed by atoms with van der Waals surface area (Å²) in [6.07, 6.45) is -10.5. The molecule has 8 nitrogen and oxygen atoms in total. The zero-order chi connectivity index (χ0) is 36.5. The maximum absolute atomic E-state index is 16.1. The fourth-order valence-corrected chi connectivity index (χ4v) is 7.76. The minimum absolute atomic E-state index is 0.393. The van der Waals surface area contributed by atoms with E-state index in [-0.39, 0.29) is 0 Å². The van der Waals surface area contributed by atoms with Gasteiger partial charge in [-0.1, -0.05) is 60.7 Å². The molecule has 2 unspecified atom stereocenters. The third-order valence-corrected chi connectivity index (χ3v) is 9.89. The monoisotopic (exact) mass is 714 g/mol. The summed E-state index contributed by atoms with van der Waals surface area (Å²) in [6.45, 7) is 0. The summed E-state index contributed by atoms with van der Waals surface area (Å²) < 4.78 is 118. The molecule has 0 aromatic heterocycles. The van der Waals surface area contributed by atoms with Crippen LogP contribution in [0.15, 0.2) is 97.1 Å². The molecule has 5 aromatic rings. The lowest BCUT2D eigenvalue weighted by molar-refractivity contribution is -0.170. The Kier molecular flexibility index (Phi) is 6.12. The van der Waals surface area contributed by atoms with E-state index in [9.17, 15) is 19.2 Å². The highest BCUT2D eigenvalue weighted by molar-refractivity contribution is 6.16. The third kappa shape index (κ3) is 3.83. The summed E-state index contributed by atoms with van der Waals surface area (Å²) in [7, 11) is 0. The van der Waals surface area contributed by atoms with Gasteiger partial charge in [0.15, 0.2) is 0 Å².